The Hall–Kier alpha value is -4.07. The number of nitrogens with zero attached hydrogens (tertiary/aromatic N) is 3. The minimum Gasteiger partial charge on any atom is -0.448 e. The molecule has 0 saturated carbocycles. The maximum absolute atomic E-state index is 13.0. The molecule has 0 aliphatic heterocycles. The first-order valence-corrected chi connectivity index (χ1v) is 10.4. The highest BCUT2D eigenvalue weighted by molar-refractivity contribution is 6.36. The van der Waals surface area contributed by atoms with Crippen LogP contribution in [0.25, 0.3) is 22.7 Å². The van der Waals surface area contributed by atoms with Crippen LogP contribution in [0, 0.1) is 21.4 Å². The van der Waals surface area contributed by atoms with Crippen molar-refractivity contribution < 1.29 is 22.8 Å². The summed E-state index contributed by atoms with van der Waals surface area (Å²) in [5.74, 6) is -0.400. The van der Waals surface area contributed by atoms with Crippen LogP contribution in [-0.2, 0) is 6.18 Å². The number of halogens is 5. The number of allylic oxidation sites excluding steroid dienone is 1. The van der Waals surface area contributed by atoms with E-state index in [2.05, 4.69) is 9.97 Å². The summed E-state index contributed by atoms with van der Waals surface area (Å²) in [7, 11) is 0. The number of fused-ring (bicyclic) bond motifs is 1. The number of hydrogen-bond donors (Lipinski definition) is 1. The van der Waals surface area contributed by atoms with Crippen molar-refractivity contribution in [1.82, 2.24) is 9.97 Å². The molecule has 35 heavy (non-hydrogen) atoms. The molecule has 1 aromatic heterocycles. The number of nitro benzene ring substituents is 1. The van der Waals surface area contributed by atoms with Gasteiger partial charge in [-0.25, -0.2) is 4.98 Å². The van der Waals surface area contributed by atoms with Gasteiger partial charge in [-0.05, 0) is 42.5 Å². The number of ether oxygens (including phenoxy) is 1. The molecular weight excluding hydrogens is 508 g/mol. The second kappa shape index (κ2) is 9.29. The third-order valence-electron chi connectivity index (χ3n) is 4.80. The molecule has 176 valence electrons. The molecule has 0 fully saturated rings. The molecule has 0 saturated heterocycles. The number of alkyl halides is 3. The number of H-pyrrole nitrogens is 1. The van der Waals surface area contributed by atoms with Gasteiger partial charge in [0, 0.05) is 16.7 Å². The highest BCUT2D eigenvalue weighted by Gasteiger charge is 2.33. The second-order valence-corrected chi connectivity index (χ2v) is 7.96. The first-order valence-electron chi connectivity index (χ1n) is 9.66. The van der Waals surface area contributed by atoms with Crippen LogP contribution >= 0.6 is 23.2 Å². The van der Waals surface area contributed by atoms with Gasteiger partial charge in [0.25, 0.3) is 0 Å². The molecule has 4 rings (SSSR count). The Labute approximate surface area is 205 Å². The number of nitro groups is 1. The lowest BCUT2D eigenvalue weighted by molar-refractivity contribution is -0.385. The Morgan fingerprint density at radius 1 is 1.17 bits per heavy atom. The van der Waals surface area contributed by atoms with Crippen LogP contribution in [0.15, 0.2) is 54.6 Å². The van der Waals surface area contributed by atoms with Crippen molar-refractivity contribution in [3.63, 3.8) is 0 Å². The molecule has 12 heteroatoms. The Morgan fingerprint density at radius 2 is 1.91 bits per heavy atom. The van der Waals surface area contributed by atoms with Gasteiger partial charge in [-0.2, -0.15) is 18.4 Å². The predicted octanol–water partition coefficient (Wildman–Crippen LogP) is 7.65. The standard InChI is InChI=1S/C23H11Cl2F3N4O3/c24-15-8-12(7-13(11-29)22-30-17-3-1-2-4-18(17)31-22)21(16(25)10-15)35-20-6-5-14(23(26,27)28)9-19(20)32(33)34/h1-10H,(H,30,31)/b13-7+. The molecular formula is C23H11Cl2F3N4O3. The van der Waals surface area contributed by atoms with Crippen LogP contribution in [0.4, 0.5) is 18.9 Å². The number of para-hydroxylation sites is 2. The Balaban J connectivity index is 1.82. The molecule has 0 bridgehead atoms. The normalized spacial score (nSPS) is 11.9. The summed E-state index contributed by atoms with van der Waals surface area (Å²) in [5, 5.41) is 21.3. The molecule has 3 aromatic carbocycles. The molecule has 0 radical (unpaired) electrons. The number of imidazole rings is 1. The van der Waals surface area contributed by atoms with Crippen LogP contribution in [0.5, 0.6) is 11.5 Å². The lowest BCUT2D eigenvalue weighted by atomic mass is 10.1. The summed E-state index contributed by atoms with van der Waals surface area (Å²) in [6.07, 6.45) is -3.44. The molecule has 0 unspecified atom stereocenters. The van der Waals surface area contributed by atoms with E-state index in [1.165, 1.54) is 18.2 Å². The molecule has 1 N–H and O–H groups in total. The smallest absolute Gasteiger partial charge is 0.416 e. The van der Waals surface area contributed by atoms with Gasteiger partial charge in [0.2, 0.25) is 5.75 Å². The summed E-state index contributed by atoms with van der Waals surface area (Å²) in [4.78, 5) is 17.8. The van der Waals surface area contributed by atoms with Gasteiger partial charge in [-0.15, -0.1) is 0 Å². The number of aromatic nitrogens is 2. The molecule has 1 heterocycles. The van der Waals surface area contributed by atoms with Gasteiger partial charge in [0.15, 0.2) is 5.75 Å². The van der Waals surface area contributed by atoms with E-state index in [0.717, 1.165) is 6.07 Å². The Morgan fingerprint density at radius 3 is 2.57 bits per heavy atom. The van der Waals surface area contributed by atoms with Gasteiger partial charge < -0.3 is 9.72 Å². The molecule has 7 nitrogen and oxygen atoms in total. The van der Waals surface area contributed by atoms with Crippen molar-refractivity contribution in [3.05, 3.63) is 91.7 Å². The topological polar surface area (TPSA) is 105 Å². The summed E-state index contributed by atoms with van der Waals surface area (Å²) in [6.45, 7) is 0. The highest BCUT2D eigenvalue weighted by Crippen LogP contribution is 2.42. The number of nitriles is 1. The molecule has 0 amide bonds. The van der Waals surface area contributed by atoms with Gasteiger partial charge in [-0.3, -0.25) is 10.1 Å². The van der Waals surface area contributed by atoms with Crippen molar-refractivity contribution in [1.29, 1.82) is 5.26 Å². The first-order chi connectivity index (χ1) is 16.6. The zero-order valence-electron chi connectivity index (χ0n) is 17.2. The lowest BCUT2D eigenvalue weighted by Crippen LogP contribution is -2.06. The molecule has 0 aliphatic carbocycles. The zero-order chi connectivity index (χ0) is 25.3. The summed E-state index contributed by atoms with van der Waals surface area (Å²) >= 11 is 12.4. The van der Waals surface area contributed by atoms with E-state index in [1.54, 1.807) is 24.3 Å². The summed E-state index contributed by atoms with van der Waals surface area (Å²) in [5.41, 5.74) is -0.622. The van der Waals surface area contributed by atoms with Crippen LogP contribution < -0.4 is 4.74 Å². The van der Waals surface area contributed by atoms with E-state index in [4.69, 9.17) is 27.9 Å². The minimum atomic E-state index is -4.79. The average molecular weight is 519 g/mol. The van der Waals surface area contributed by atoms with E-state index in [1.807, 2.05) is 6.07 Å². The zero-order valence-corrected chi connectivity index (χ0v) is 18.7. The fourth-order valence-electron chi connectivity index (χ4n) is 3.22. The predicted molar refractivity (Wildman–Crippen MR) is 124 cm³/mol. The van der Waals surface area contributed by atoms with Crippen molar-refractivity contribution >= 4 is 51.6 Å². The third-order valence-corrected chi connectivity index (χ3v) is 5.30. The number of aromatic amines is 1. The molecule has 0 atom stereocenters. The molecule has 0 spiro atoms. The van der Waals surface area contributed by atoms with Crippen molar-refractivity contribution in [2.75, 3.05) is 0 Å². The second-order valence-electron chi connectivity index (χ2n) is 7.12. The largest absolute Gasteiger partial charge is 0.448 e. The third kappa shape index (κ3) is 5.06. The number of benzene rings is 3. The quantitative estimate of drug-likeness (QED) is 0.166. The van der Waals surface area contributed by atoms with Crippen molar-refractivity contribution in [2.45, 2.75) is 6.18 Å². The fourth-order valence-corrected chi connectivity index (χ4v) is 3.76. The first kappa shape index (κ1) is 24.1. The van der Waals surface area contributed by atoms with Gasteiger partial charge >= 0.3 is 11.9 Å². The monoisotopic (exact) mass is 518 g/mol. The SMILES string of the molecule is N#C/C(=C\c1cc(Cl)cc(Cl)c1Oc1ccc(C(F)(F)F)cc1[N+](=O)[O-])c1nc2ccccc2[nH]1. The van der Waals surface area contributed by atoms with E-state index in [0.29, 0.717) is 23.2 Å². The van der Waals surface area contributed by atoms with Crippen LogP contribution in [-0.4, -0.2) is 14.9 Å². The maximum atomic E-state index is 13.0. The Kier molecular flexibility index (Phi) is 6.39. The Bertz CT molecular complexity index is 1510. The summed E-state index contributed by atoms with van der Waals surface area (Å²) < 4.78 is 44.7. The van der Waals surface area contributed by atoms with Crippen molar-refractivity contribution in [3.8, 4) is 17.6 Å². The van der Waals surface area contributed by atoms with Crippen LogP contribution in [0.1, 0.15) is 17.0 Å². The summed E-state index contributed by atoms with van der Waals surface area (Å²) in [6, 6.07) is 13.6. The van der Waals surface area contributed by atoms with Crippen LogP contribution in [0.2, 0.25) is 10.0 Å². The van der Waals surface area contributed by atoms with Crippen LogP contribution in [0.3, 0.4) is 0 Å². The number of rotatable bonds is 5. The number of nitrogens with one attached hydrogen (secondary N) is 1. The van der Waals surface area contributed by atoms with E-state index < -0.39 is 28.1 Å². The molecule has 4 aromatic rings. The average Bonchev–Trinajstić information content (AvgIpc) is 3.22. The van der Waals surface area contributed by atoms with Gasteiger partial charge in [0.05, 0.1) is 32.1 Å². The number of hydrogen-bond acceptors (Lipinski definition) is 5. The maximum Gasteiger partial charge on any atom is 0.416 e. The minimum absolute atomic E-state index is 0.0614. The highest BCUT2D eigenvalue weighted by atomic mass is 35.5. The van der Waals surface area contributed by atoms with E-state index in [9.17, 15) is 28.5 Å². The van der Waals surface area contributed by atoms with Gasteiger partial charge in [-0.1, -0.05) is 35.3 Å². The van der Waals surface area contributed by atoms with Gasteiger partial charge in [0.1, 0.15) is 11.9 Å². The van der Waals surface area contributed by atoms with Crippen molar-refractivity contribution in [2.24, 2.45) is 0 Å². The van der Waals surface area contributed by atoms with E-state index in [-0.39, 0.29) is 32.8 Å². The van der Waals surface area contributed by atoms with E-state index >= 15 is 0 Å². The fraction of sp³-hybridized carbons (Fsp3) is 0.0435. The lowest BCUT2D eigenvalue weighted by Gasteiger charge is -2.13. The molecule has 0 aliphatic rings.